The molecule has 0 aliphatic heterocycles. The molecule has 0 aliphatic rings. The van der Waals surface area contributed by atoms with E-state index in [2.05, 4.69) is 5.32 Å². The van der Waals surface area contributed by atoms with Crippen molar-refractivity contribution in [2.24, 2.45) is 0 Å². The molecule has 0 spiro atoms. The summed E-state index contributed by atoms with van der Waals surface area (Å²) >= 11 is 0. The monoisotopic (exact) mass is 454 g/mol. The van der Waals surface area contributed by atoms with Gasteiger partial charge in [0, 0.05) is 5.69 Å². The Bertz CT molecular complexity index is 1140. The number of amides is 1. The van der Waals surface area contributed by atoms with Gasteiger partial charge in [0.15, 0.2) is 0 Å². The Kier molecular flexibility index (Phi) is 7.37. The maximum absolute atomic E-state index is 13.4. The fourth-order valence-electron chi connectivity index (χ4n) is 3.03. The first kappa shape index (κ1) is 23.1. The zero-order valence-corrected chi connectivity index (χ0v) is 19.1. The van der Waals surface area contributed by atoms with E-state index >= 15 is 0 Å². The zero-order chi connectivity index (χ0) is 23.1. The van der Waals surface area contributed by atoms with E-state index in [0.717, 1.165) is 9.87 Å². The average Bonchev–Trinajstić information content (AvgIpc) is 2.79. The van der Waals surface area contributed by atoms with Gasteiger partial charge in [-0.3, -0.25) is 9.10 Å². The third-order valence-electron chi connectivity index (χ3n) is 4.71. The van der Waals surface area contributed by atoms with Crippen molar-refractivity contribution in [2.75, 3.05) is 29.9 Å². The normalized spacial score (nSPS) is 11.0. The van der Waals surface area contributed by atoms with Gasteiger partial charge < -0.3 is 14.8 Å². The number of ether oxygens (including phenoxy) is 2. The topological polar surface area (TPSA) is 84.9 Å². The summed E-state index contributed by atoms with van der Waals surface area (Å²) in [7, 11) is -2.43. The maximum atomic E-state index is 13.4. The molecule has 8 heteroatoms. The molecule has 168 valence electrons. The van der Waals surface area contributed by atoms with Crippen LogP contribution in [0.25, 0.3) is 0 Å². The molecule has 0 bridgehead atoms. The van der Waals surface area contributed by atoms with Gasteiger partial charge in [-0.1, -0.05) is 17.7 Å². The number of hydrogen-bond donors (Lipinski definition) is 1. The predicted molar refractivity (Wildman–Crippen MR) is 125 cm³/mol. The number of methoxy groups -OCH3 is 1. The second kappa shape index (κ2) is 10.2. The zero-order valence-electron chi connectivity index (χ0n) is 18.2. The molecule has 7 nitrogen and oxygen atoms in total. The molecule has 3 aromatic carbocycles. The van der Waals surface area contributed by atoms with Crippen molar-refractivity contribution in [1.82, 2.24) is 0 Å². The highest BCUT2D eigenvalue weighted by Crippen LogP contribution is 2.26. The number of hydrogen-bond acceptors (Lipinski definition) is 5. The van der Waals surface area contributed by atoms with Crippen molar-refractivity contribution in [3.05, 3.63) is 78.4 Å². The van der Waals surface area contributed by atoms with Gasteiger partial charge >= 0.3 is 0 Å². The first-order valence-corrected chi connectivity index (χ1v) is 11.5. The molecule has 0 radical (unpaired) electrons. The summed E-state index contributed by atoms with van der Waals surface area (Å²) in [4.78, 5) is 12.9. The van der Waals surface area contributed by atoms with E-state index in [1.807, 2.05) is 13.8 Å². The van der Waals surface area contributed by atoms with Crippen LogP contribution < -0.4 is 19.1 Å². The van der Waals surface area contributed by atoms with Gasteiger partial charge in [-0.25, -0.2) is 8.42 Å². The minimum atomic E-state index is -3.98. The minimum absolute atomic E-state index is 0.106. The molecular formula is C24H26N2O5S. The van der Waals surface area contributed by atoms with Gasteiger partial charge in [-0.15, -0.1) is 0 Å². The number of rotatable bonds is 9. The van der Waals surface area contributed by atoms with Crippen LogP contribution in [0.3, 0.4) is 0 Å². The molecule has 3 aromatic rings. The van der Waals surface area contributed by atoms with Crippen molar-refractivity contribution in [1.29, 1.82) is 0 Å². The summed E-state index contributed by atoms with van der Waals surface area (Å²) in [5, 5.41) is 2.73. The van der Waals surface area contributed by atoms with Gasteiger partial charge in [0.25, 0.3) is 10.0 Å². The first-order chi connectivity index (χ1) is 15.3. The van der Waals surface area contributed by atoms with Crippen LogP contribution in [0.1, 0.15) is 12.5 Å². The predicted octanol–water partition coefficient (Wildman–Crippen LogP) is 4.24. The largest absolute Gasteiger partial charge is 0.497 e. The van der Waals surface area contributed by atoms with Crippen LogP contribution in [-0.2, 0) is 14.8 Å². The summed E-state index contributed by atoms with van der Waals surface area (Å²) in [6, 6.07) is 19.9. The number of sulfonamides is 1. The fraction of sp³-hybridized carbons (Fsp3) is 0.208. The van der Waals surface area contributed by atoms with Crippen LogP contribution in [0.2, 0.25) is 0 Å². The quantitative estimate of drug-likeness (QED) is 0.523. The van der Waals surface area contributed by atoms with Crippen LogP contribution in [0, 0.1) is 6.92 Å². The third-order valence-corrected chi connectivity index (χ3v) is 6.49. The molecule has 0 unspecified atom stereocenters. The van der Waals surface area contributed by atoms with Crippen molar-refractivity contribution < 1.29 is 22.7 Å². The third kappa shape index (κ3) is 5.59. The number of nitrogens with zero attached hydrogens (tertiary/aromatic N) is 1. The van der Waals surface area contributed by atoms with Crippen LogP contribution in [-0.4, -0.2) is 34.6 Å². The van der Waals surface area contributed by atoms with E-state index < -0.39 is 22.5 Å². The van der Waals surface area contributed by atoms with Gasteiger partial charge in [0.1, 0.15) is 18.0 Å². The molecule has 0 saturated heterocycles. The molecule has 0 aromatic heterocycles. The van der Waals surface area contributed by atoms with E-state index in [1.165, 1.54) is 12.1 Å². The van der Waals surface area contributed by atoms with E-state index in [9.17, 15) is 13.2 Å². The number of nitrogens with one attached hydrogen (secondary N) is 1. The molecule has 32 heavy (non-hydrogen) atoms. The Morgan fingerprint density at radius 2 is 1.50 bits per heavy atom. The van der Waals surface area contributed by atoms with Gasteiger partial charge in [0.2, 0.25) is 5.91 Å². The SMILES string of the molecule is CCOc1ccc(N(CC(=O)Nc2ccc(OC)cc2)S(=O)(=O)c2ccc(C)cc2)cc1. The van der Waals surface area contributed by atoms with Crippen molar-refractivity contribution >= 4 is 27.3 Å². The Labute approximate surface area is 188 Å². The summed E-state index contributed by atoms with van der Waals surface area (Å²) in [5.41, 5.74) is 1.84. The molecule has 1 N–H and O–H groups in total. The molecule has 0 heterocycles. The van der Waals surface area contributed by atoms with Crippen LogP contribution in [0.15, 0.2) is 77.7 Å². The van der Waals surface area contributed by atoms with Crippen molar-refractivity contribution in [3.63, 3.8) is 0 Å². The Morgan fingerprint density at radius 3 is 2.06 bits per heavy atom. The van der Waals surface area contributed by atoms with E-state index in [4.69, 9.17) is 9.47 Å². The van der Waals surface area contributed by atoms with Gasteiger partial charge in [0.05, 0.1) is 24.3 Å². The highest BCUT2D eigenvalue weighted by atomic mass is 32.2. The van der Waals surface area contributed by atoms with Gasteiger partial charge in [-0.2, -0.15) is 0 Å². The van der Waals surface area contributed by atoms with Gasteiger partial charge in [-0.05, 0) is 74.5 Å². The van der Waals surface area contributed by atoms with Crippen LogP contribution >= 0.6 is 0 Å². The molecule has 1 amide bonds. The summed E-state index contributed by atoms with van der Waals surface area (Å²) in [6.07, 6.45) is 0. The van der Waals surface area contributed by atoms with E-state index in [0.29, 0.717) is 29.5 Å². The summed E-state index contributed by atoms with van der Waals surface area (Å²) < 4.78 is 38.5. The van der Waals surface area contributed by atoms with E-state index in [-0.39, 0.29) is 4.90 Å². The van der Waals surface area contributed by atoms with Crippen molar-refractivity contribution in [2.45, 2.75) is 18.7 Å². The number of anilines is 2. The highest BCUT2D eigenvalue weighted by molar-refractivity contribution is 7.92. The molecule has 0 fully saturated rings. The summed E-state index contributed by atoms with van der Waals surface area (Å²) in [5.74, 6) is 0.798. The summed E-state index contributed by atoms with van der Waals surface area (Å²) in [6.45, 7) is 3.85. The minimum Gasteiger partial charge on any atom is -0.497 e. The number of carbonyl (C=O) groups is 1. The standard InChI is InChI=1S/C24H26N2O5S/c1-4-31-22-13-9-20(10-14-22)26(32(28,29)23-15-5-18(2)6-16-23)17-24(27)25-19-7-11-21(30-3)12-8-19/h5-16H,4,17H2,1-3H3,(H,25,27). The number of carbonyl (C=O) groups excluding carboxylic acids is 1. The fourth-order valence-corrected chi connectivity index (χ4v) is 4.45. The molecule has 0 saturated carbocycles. The lowest BCUT2D eigenvalue weighted by atomic mass is 10.2. The first-order valence-electron chi connectivity index (χ1n) is 10.1. The van der Waals surface area contributed by atoms with Crippen LogP contribution in [0.5, 0.6) is 11.5 Å². The Balaban J connectivity index is 1.90. The smallest absolute Gasteiger partial charge is 0.264 e. The molecule has 3 rings (SSSR count). The van der Waals surface area contributed by atoms with Crippen LogP contribution in [0.4, 0.5) is 11.4 Å². The lowest BCUT2D eigenvalue weighted by molar-refractivity contribution is -0.114. The second-order valence-electron chi connectivity index (χ2n) is 7.03. The molecular weight excluding hydrogens is 428 g/mol. The lowest BCUT2D eigenvalue weighted by Crippen LogP contribution is -2.38. The Morgan fingerprint density at radius 1 is 0.906 bits per heavy atom. The highest BCUT2D eigenvalue weighted by Gasteiger charge is 2.27. The molecule has 0 atom stereocenters. The number of aryl methyl sites for hydroxylation is 1. The maximum Gasteiger partial charge on any atom is 0.264 e. The second-order valence-corrected chi connectivity index (χ2v) is 8.89. The lowest BCUT2D eigenvalue weighted by Gasteiger charge is -2.24. The molecule has 0 aliphatic carbocycles. The number of benzene rings is 3. The average molecular weight is 455 g/mol. The Hall–Kier alpha value is -3.52. The van der Waals surface area contributed by atoms with E-state index in [1.54, 1.807) is 67.8 Å². The van der Waals surface area contributed by atoms with Crippen molar-refractivity contribution in [3.8, 4) is 11.5 Å².